The number of alkyl halides is 3. The zero-order valence-corrected chi connectivity index (χ0v) is 12.2. The third kappa shape index (κ3) is 4.57. The summed E-state index contributed by atoms with van der Waals surface area (Å²) in [5.41, 5.74) is 0. The van der Waals surface area contributed by atoms with E-state index in [2.05, 4.69) is 15.0 Å². The number of carbonyl (C=O) groups excluding carboxylic acids is 2. The lowest BCUT2D eigenvalue weighted by Crippen LogP contribution is -2.53. The van der Waals surface area contributed by atoms with Crippen LogP contribution in [-0.2, 0) is 14.3 Å². The van der Waals surface area contributed by atoms with Gasteiger partial charge in [0.05, 0.1) is 0 Å². The molecule has 0 radical (unpaired) electrons. The standard InChI is InChI=1S/C13H20F3N3O3/c14-13(15,16)12(21)22-9-11(20)19-5-1-10(2-6-19)18-7-3-17-4-8-18/h10,17H,1-9H2. The highest BCUT2D eigenvalue weighted by Gasteiger charge is 2.41. The molecule has 0 spiro atoms. The molecule has 126 valence electrons. The van der Waals surface area contributed by atoms with Crippen LogP contribution in [0.5, 0.6) is 0 Å². The van der Waals surface area contributed by atoms with Crippen LogP contribution < -0.4 is 5.32 Å². The van der Waals surface area contributed by atoms with Gasteiger partial charge in [-0.3, -0.25) is 9.69 Å². The van der Waals surface area contributed by atoms with Gasteiger partial charge < -0.3 is 15.0 Å². The van der Waals surface area contributed by atoms with Crippen molar-refractivity contribution in [3.8, 4) is 0 Å². The summed E-state index contributed by atoms with van der Waals surface area (Å²) in [5, 5.41) is 3.27. The number of ether oxygens (including phenoxy) is 1. The molecule has 6 nitrogen and oxygen atoms in total. The van der Waals surface area contributed by atoms with E-state index in [-0.39, 0.29) is 0 Å². The predicted octanol–water partition coefficient (Wildman–Crippen LogP) is -0.0119. The molecule has 0 aliphatic carbocycles. The number of hydrogen-bond acceptors (Lipinski definition) is 5. The Morgan fingerprint density at radius 3 is 2.23 bits per heavy atom. The monoisotopic (exact) mass is 323 g/mol. The molecule has 2 fully saturated rings. The molecule has 0 aromatic rings. The number of likely N-dealkylation sites (tertiary alicyclic amines) is 1. The summed E-state index contributed by atoms with van der Waals surface area (Å²) in [6.45, 7) is 3.97. The molecule has 1 N–H and O–H groups in total. The number of nitrogens with zero attached hydrogens (tertiary/aromatic N) is 2. The maximum Gasteiger partial charge on any atom is 0.490 e. The number of carbonyl (C=O) groups is 2. The van der Waals surface area contributed by atoms with Crippen LogP contribution in [0.3, 0.4) is 0 Å². The van der Waals surface area contributed by atoms with Gasteiger partial charge in [-0.25, -0.2) is 4.79 Å². The SMILES string of the molecule is O=C(COC(=O)C(F)(F)F)N1CCC(N2CCNCC2)CC1. The van der Waals surface area contributed by atoms with Crippen LogP contribution in [-0.4, -0.2) is 79.8 Å². The summed E-state index contributed by atoms with van der Waals surface area (Å²) < 4.78 is 40.0. The van der Waals surface area contributed by atoms with E-state index in [1.54, 1.807) is 0 Å². The van der Waals surface area contributed by atoms with Crippen molar-refractivity contribution < 1.29 is 27.5 Å². The van der Waals surface area contributed by atoms with E-state index in [4.69, 9.17) is 0 Å². The largest absolute Gasteiger partial charge is 0.490 e. The number of halogens is 3. The predicted molar refractivity (Wildman–Crippen MR) is 71.1 cm³/mol. The van der Waals surface area contributed by atoms with E-state index in [0.717, 1.165) is 39.0 Å². The second-order valence-electron chi connectivity index (χ2n) is 5.47. The molecule has 0 bridgehead atoms. The van der Waals surface area contributed by atoms with E-state index >= 15 is 0 Å². The van der Waals surface area contributed by atoms with Crippen LogP contribution in [0.2, 0.25) is 0 Å². The molecule has 0 saturated carbocycles. The summed E-state index contributed by atoms with van der Waals surface area (Å²) >= 11 is 0. The summed E-state index contributed by atoms with van der Waals surface area (Å²) in [5.74, 6) is -2.90. The van der Waals surface area contributed by atoms with Crippen LogP contribution >= 0.6 is 0 Å². The first-order chi connectivity index (χ1) is 10.4. The Bertz CT molecular complexity index is 403. The Hall–Kier alpha value is -1.35. The van der Waals surface area contributed by atoms with Crippen molar-refractivity contribution in [2.45, 2.75) is 25.1 Å². The van der Waals surface area contributed by atoms with Crippen LogP contribution in [0.25, 0.3) is 0 Å². The molecule has 22 heavy (non-hydrogen) atoms. The smallest absolute Gasteiger partial charge is 0.449 e. The Labute approximate surface area is 126 Å². The van der Waals surface area contributed by atoms with Gasteiger partial charge in [-0.1, -0.05) is 0 Å². The van der Waals surface area contributed by atoms with Gasteiger partial charge in [0.2, 0.25) is 0 Å². The van der Waals surface area contributed by atoms with Gasteiger partial charge >= 0.3 is 12.1 Å². The fourth-order valence-electron chi connectivity index (χ4n) is 2.83. The Morgan fingerprint density at radius 2 is 1.68 bits per heavy atom. The van der Waals surface area contributed by atoms with E-state index in [9.17, 15) is 22.8 Å². The third-order valence-electron chi connectivity index (χ3n) is 4.04. The van der Waals surface area contributed by atoms with Crippen molar-refractivity contribution in [2.24, 2.45) is 0 Å². The van der Waals surface area contributed by atoms with Crippen LogP contribution in [0, 0.1) is 0 Å². The molecule has 1 amide bonds. The molecular formula is C13H20F3N3O3. The van der Waals surface area contributed by atoms with E-state index in [1.165, 1.54) is 4.90 Å². The van der Waals surface area contributed by atoms with Crippen molar-refractivity contribution in [2.75, 3.05) is 45.9 Å². The van der Waals surface area contributed by atoms with E-state index < -0.39 is 24.7 Å². The number of hydrogen-bond donors (Lipinski definition) is 1. The highest BCUT2D eigenvalue weighted by atomic mass is 19.4. The van der Waals surface area contributed by atoms with Crippen molar-refractivity contribution in [1.29, 1.82) is 0 Å². The zero-order valence-electron chi connectivity index (χ0n) is 12.2. The number of piperidine rings is 1. The Morgan fingerprint density at radius 1 is 1.09 bits per heavy atom. The summed E-state index contributed by atoms with van der Waals surface area (Å²) in [4.78, 5) is 26.2. The molecule has 2 saturated heterocycles. The molecule has 2 rings (SSSR count). The number of amides is 1. The molecule has 2 heterocycles. The van der Waals surface area contributed by atoms with Crippen molar-refractivity contribution >= 4 is 11.9 Å². The van der Waals surface area contributed by atoms with Crippen LogP contribution in [0.4, 0.5) is 13.2 Å². The van der Waals surface area contributed by atoms with Crippen molar-refractivity contribution in [3.63, 3.8) is 0 Å². The molecule has 0 aromatic carbocycles. The molecule has 0 unspecified atom stereocenters. The maximum atomic E-state index is 12.0. The summed E-state index contributed by atoms with van der Waals surface area (Å²) in [6, 6.07) is 0.406. The quantitative estimate of drug-likeness (QED) is 0.740. The van der Waals surface area contributed by atoms with Gasteiger partial charge in [0.1, 0.15) is 0 Å². The number of nitrogens with one attached hydrogen (secondary N) is 1. The van der Waals surface area contributed by atoms with Gasteiger partial charge in [0, 0.05) is 45.3 Å². The first kappa shape index (κ1) is 17.0. The zero-order chi connectivity index (χ0) is 16.2. The lowest BCUT2D eigenvalue weighted by Gasteiger charge is -2.40. The molecular weight excluding hydrogens is 303 g/mol. The minimum absolute atomic E-state index is 0.406. The van der Waals surface area contributed by atoms with Crippen molar-refractivity contribution in [3.05, 3.63) is 0 Å². The van der Waals surface area contributed by atoms with Gasteiger partial charge in [0.25, 0.3) is 5.91 Å². The molecule has 9 heteroatoms. The number of esters is 1. The fraction of sp³-hybridized carbons (Fsp3) is 0.846. The first-order valence-electron chi connectivity index (χ1n) is 7.34. The summed E-state index contributed by atoms with van der Waals surface area (Å²) in [7, 11) is 0. The maximum absolute atomic E-state index is 12.0. The van der Waals surface area contributed by atoms with Gasteiger partial charge in [-0.2, -0.15) is 13.2 Å². The average molecular weight is 323 g/mol. The minimum Gasteiger partial charge on any atom is -0.449 e. The fourth-order valence-corrected chi connectivity index (χ4v) is 2.83. The second-order valence-corrected chi connectivity index (χ2v) is 5.47. The Kier molecular flexibility index (Phi) is 5.63. The molecule has 0 aromatic heterocycles. The lowest BCUT2D eigenvalue weighted by atomic mass is 10.0. The van der Waals surface area contributed by atoms with Crippen molar-refractivity contribution in [1.82, 2.24) is 15.1 Å². The highest BCUT2D eigenvalue weighted by Crippen LogP contribution is 2.18. The summed E-state index contributed by atoms with van der Waals surface area (Å²) in [6.07, 6.45) is -3.48. The van der Waals surface area contributed by atoms with Gasteiger partial charge in [0.15, 0.2) is 6.61 Å². The normalized spacial score (nSPS) is 21.7. The van der Waals surface area contributed by atoms with Gasteiger partial charge in [-0.15, -0.1) is 0 Å². The van der Waals surface area contributed by atoms with Crippen LogP contribution in [0.1, 0.15) is 12.8 Å². The average Bonchev–Trinajstić information content (AvgIpc) is 2.52. The topological polar surface area (TPSA) is 61.9 Å². The lowest BCUT2D eigenvalue weighted by molar-refractivity contribution is -0.200. The second kappa shape index (κ2) is 7.28. The number of piperazine rings is 1. The molecule has 2 aliphatic heterocycles. The third-order valence-corrected chi connectivity index (χ3v) is 4.04. The van der Waals surface area contributed by atoms with E-state index in [0.29, 0.717) is 19.1 Å². The van der Waals surface area contributed by atoms with E-state index in [1.807, 2.05) is 0 Å². The van der Waals surface area contributed by atoms with Gasteiger partial charge in [-0.05, 0) is 12.8 Å². The molecule has 2 aliphatic rings. The first-order valence-corrected chi connectivity index (χ1v) is 7.34. The Balaban J connectivity index is 1.71. The molecule has 0 atom stereocenters. The van der Waals surface area contributed by atoms with Crippen LogP contribution in [0.15, 0.2) is 0 Å². The number of rotatable bonds is 3. The minimum atomic E-state index is -5.06. The highest BCUT2D eigenvalue weighted by molar-refractivity contribution is 5.82.